The van der Waals surface area contributed by atoms with Crippen molar-refractivity contribution in [2.24, 2.45) is 11.8 Å². The third kappa shape index (κ3) is 4.06. The predicted molar refractivity (Wildman–Crippen MR) is 145 cm³/mol. The summed E-state index contributed by atoms with van der Waals surface area (Å²) in [6.45, 7) is 2.32. The van der Waals surface area contributed by atoms with Gasteiger partial charge in [0.15, 0.2) is 11.5 Å². The highest BCUT2D eigenvalue weighted by Gasteiger charge is 2.72. The van der Waals surface area contributed by atoms with Crippen LogP contribution in [-0.4, -0.2) is 53.2 Å². The second-order valence-corrected chi connectivity index (χ2v) is 11.6. The van der Waals surface area contributed by atoms with Gasteiger partial charge in [-0.15, -0.1) is 0 Å². The summed E-state index contributed by atoms with van der Waals surface area (Å²) in [6, 6.07) is 12.2. The first-order chi connectivity index (χ1) is 19.4. The highest BCUT2D eigenvalue weighted by Crippen LogP contribution is 2.55. The first-order valence-electron chi connectivity index (χ1n) is 14.2. The first-order valence-corrected chi connectivity index (χ1v) is 14.2. The summed E-state index contributed by atoms with van der Waals surface area (Å²) in [4.78, 5) is 43.5. The molecule has 9 nitrogen and oxygen atoms in total. The van der Waals surface area contributed by atoms with Crippen molar-refractivity contribution in [3.8, 4) is 11.5 Å². The van der Waals surface area contributed by atoms with Crippen LogP contribution >= 0.6 is 0 Å². The lowest BCUT2D eigenvalue weighted by Gasteiger charge is -2.34. The van der Waals surface area contributed by atoms with Gasteiger partial charge in [-0.25, -0.2) is 0 Å². The molecular weight excluding hydrogens is 510 g/mol. The lowest BCUT2D eigenvalue weighted by atomic mass is 9.74. The minimum atomic E-state index is -1.20. The molecule has 40 heavy (non-hydrogen) atoms. The Morgan fingerprint density at radius 3 is 2.58 bits per heavy atom. The molecule has 208 valence electrons. The molecule has 9 heteroatoms. The molecule has 3 fully saturated rings. The van der Waals surface area contributed by atoms with Crippen LogP contribution in [0.15, 0.2) is 54.6 Å². The fourth-order valence-corrected chi connectivity index (χ4v) is 7.06. The molecule has 4 heterocycles. The number of ether oxygens (including phenoxy) is 3. The molecule has 2 saturated heterocycles. The number of carbonyl (C=O) groups is 3. The average molecular weight is 544 g/mol. The van der Waals surface area contributed by atoms with E-state index in [1.165, 1.54) is 6.42 Å². The lowest BCUT2D eigenvalue weighted by molar-refractivity contribution is -0.142. The van der Waals surface area contributed by atoms with Gasteiger partial charge in [0, 0.05) is 18.3 Å². The Labute approximate surface area is 232 Å². The number of anilines is 1. The van der Waals surface area contributed by atoms with Gasteiger partial charge in [-0.3, -0.25) is 14.4 Å². The van der Waals surface area contributed by atoms with E-state index >= 15 is 0 Å². The van der Waals surface area contributed by atoms with Crippen LogP contribution in [0.5, 0.6) is 11.5 Å². The quantitative estimate of drug-likeness (QED) is 0.541. The molecule has 7 rings (SSSR count). The summed E-state index contributed by atoms with van der Waals surface area (Å²) >= 11 is 0. The minimum Gasteiger partial charge on any atom is -0.454 e. The van der Waals surface area contributed by atoms with E-state index in [-0.39, 0.29) is 37.1 Å². The Kier molecular flexibility index (Phi) is 6.07. The monoisotopic (exact) mass is 543 g/mol. The number of fused-ring (bicyclic) bond motifs is 2. The summed E-state index contributed by atoms with van der Waals surface area (Å²) in [5, 5.41) is 6.20. The van der Waals surface area contributed by atoms with E-state index in [0.717, 1.165) is 36.8 Å². The molecule has 2 aromatic rings. The van der Waals surface area contributed by atoms with Crippen LogP contribution in [0.2, 0.25) is 0 Å². The van der Waals surface area contributed by atoms with Crippen LogP contribution in [0.25, 0.3) is 0 Å². The van der Waals surface area contributed by atoms with Crippen molar-refractivity contribution >= 4 is 23.4 Å². The van der Waals surface area contributed by atoms with Crippen molar-refractivity contribution in [3.05, 3.63) is 65.7 Å². The summed E-state index contributed by atoms with van der Waals surface area (Å²) in [5.74, 6) is -1.05. The highest BCUT2D eigenvalue weighted by molar-refractivity contribution is 6.02. The van der Waals surface area contributed by atoms with E-state index in [1.807, 2.05) is 61.5 Å². The molecule has 5 atom stereocenters. The van der Waals surface area contributed by atoms with Crippen LogP contribution < -0.4 is 20.1 Å². The van der Waals surface area contributed by atoms with Crippen LogP contribution in [0.1, 0.15) is 43.2 Å². The van der Waals surface area contributed by atoms with Gasteiger partial charge in [0.25, 0.3) is 0 Å². The van der Waals surface area contributed by atoms with Crippen molar-refractivity contribution in [2.45, 2.75) is 69.4 Å². The molecule has 1 saturated carbocycles. The molecule has 1 spiro atoms. The summed E-state index contributed by atoms with van der Waals surface area (Å²) in [5.41, 5.74) is 1.35. The number of benzene rings is 2. The maximum absolute atomic E-state index is 14.2. The fourth-order valence-electron chi connectivity index (χ4n) is 7.06. The number of hydrogen-bond donors (Lipinski definition) is 2. The molecule has 2 bridgehead atoms. The van der Waals surface area contributed by atoms with Crippen LogP contribution in [0.3, 0.4) is 0 Å². The third-order valence-corrected chi connectivity index (χ3v) is 8.99. The number of amides is 3. The van der Waals surface area contributed by atoms with Gasteiger partial charge in [-0.1, -0.05) is 55.2 Å². The first kappa shape index (κ1) is 25.1. The molecule has 1 aliphatic carbocycles. The van der Waals surface area contributed by atoms with Gasteiger partial charge in [0.1, 0.15) is 11.6 Å². The minimum absolute atomic E-state index is 0.0717. The maximum Gasteiger partial charge on any atom is 0.246 e. The van der Waals surface area contributed by atoms with Gasteiger partial charge >= 0.3 is 0 Å². The van der Waals surface area contributed by atoms with Gasteiger partial charge < -0.3 is 29.7 Å². The Hall–Kier alpha value is -3.85. The molecule has 2 aromatic carbocycles. The van der Waals surface area contributed by atoms with Gasteiger partial charge in [0.2, 0.25) is 24.5 Å². The molecule has 5 aliphatic rings. The SMILES string of the molecule is Cc1ccc(NC(=O)[C@H]2[C@@H]3C=C[C@]4(O3)[C@@H]2C(=O)N(Cc2ccc3c(c2)OCO3)[C@@H]4C(=O)NC2CCCCC2)cc1. The maximum atomic E-state index is 14.2. The van der Waals surface area contributed by atoms with Crippen LogP contribution in [0, 0.1) is 18.8 Å². The second kappa shape index (κ2) is 9.66. The summed E-state index contributed by atoms with van der Waals surface area (Å²) in [6.07, 6.45) is 8.28. The van der Waals surface area contributed by atoms with E-state index in [2.05, 4.69) is 10.6 Å². The van der Waals surface area contributed by atoms with Crippen LogP contribution in [-0.2, 0) is 25.7 Å². The zero-order valence-corrected chi connectivity index (χ0v) is 22.4. The van der Waals surface area contributed by atoms with E-state index in [0.29, 0.717) is 17.2 Å². The van der Waals surface area contributed by atoms with Gasteiger partial charge in [0.05, 0.1) is 17.9 Å². The fraction of sp³-hybridized carbons (Fsp3) is 0.452. The topological polar surface area (TPSA) is 106 Å². The van der Waals surface area contributed by atoms with E-state index in [1.54, 1.807) is 4.90 Å². The molecule has 2 N–H and O–H groups in total. The Morgan fingerprint density at radius 2 is 1.77 bits per heavy atom. The Balaban J connectivity index is 1.21. The van der Waals surface area contributed by atoms with Crippen molar-refractivity contribution in [3.63, 3.8) is 0 Å². The van der Waals surface area contributed by atoms with Crippen molar-refractivity contribution in [2.75, 3.05) is 12.1 Å². The number of nitrogens with zero attached hydrogens (tertiary/aromatic N) is 1. The number of nitrogens with one attached hydrogen (secondary N) is 2. The molecule has 0 radical (unpaired) electrons. The lowest BCUT2D eigenvalue weighted by Crippen LogP contribution is -2.56. The van der Waals surface area contributed by atoms with E-state index < -0.39 is 29.6 Å². The number of rotatable bonds is 6. The molecule has 4 aliphatic heterocycles. The molecular formula is C31H33N3O6. The zero-order chi connectivity index (χ0) is 27.4. The number of hydrogen-bond acceptors (Lipinski definition) is 6. The smallest absolute Gasteiger partial charge is 0.246 e. The second-order valence-electron chi connectivity index (χ2n) is 11.6. The molecule has 3 amide bonds. The van der Waals surface area contributed by atoms with Gasteiger partial charge in [-0.05, 0) is 49.6 Å². The zero-order valence-electron chi connectivity index (χ0n) is 22.4. The standard InChI is InChI=1S/C31H33N3O6/c1-18-7-10-21(11-8-18)32-28(35)25-23-13-14-31(40-23)26(25)30(37)34(16-19-9-12-22-24(15-19)39-17-38-22)27(31)29(36)33-20-5-3-2-4-6-20/h7-15,20,23,25-27H,2-6,16-17H2,1H3,(H,32,35)(H,33,36)/t23-,25-,26-,27+,31-/m0/s1. The van der Waals surface area contributed by atoms with Crippen molar-refractivity contribution < 1.29 is 28.6 Å². The number of carbonyl (C=O) groups excluding carboxylic acids is 3. The van der Waals surface area contributed by atoms with Crippen molar-refractivity contribution in [1.29, 1.82) is 0 Å². The number of aryl methyl sites for hydroxylation is 1. The average Bonchev–Trinajstić information content (AvgIpc) is 3.71. The normalized spacial score (nSPS) is 30.0. The Morgan fingerprint density at radius 1 is 1.00 bits per heavy atom. The van der Waals surface area contributed by atoms with E-state index in [9.17, 15) is 14.4 Å². The largest absolute Gasteiger partial charge is 0.454 e. The van der Waals surface area contributed by atoms with Crippen LogP contribution in [0.4, 0.5) is 5.69 Å². The molecule has 0 unspecified atom stereocenters. The van der Waals surface area contributed by atoms with Gasteiger partial charge in [-0.2, -0.15) is 0 Å². The highest BCUT2D eigenvalue weighted by atomic mass is 16.7. The van der Waals surface area contributed by atoms with Crippen molar-refractivity contribution in [1.82, 2.24) is 10.2 Å². The summed E-state index contributed by atoms with van der Waals surface area (Å²) < 4.78 is 17.5. The third-order valence-electron chi connectivity index (χ3n) is 8.99. The summed E-state index contributed by atoms with van der Waals surface area (Å²) in [7, 11) is 0. The number of likely N-dealkylation sites (tertiary alicyclic amines) is 1. The Bertz CT molecular complexity index is 1380. The predicted octanol–water partition coefficient (Wildman–Crippen LogP) is 3.46. The molecule has 0 aromatic heterocycles. The van der Waals surface area contributed by atoms with E-state index in [4.69, 9.17) is 14.2 Å².